The van der Waals surface area contributed by atoms with E-state index in [1.54, 1.807) is 30.6 Å². The molecule has 2 N–H and O–H groups in total. The number of carbonyl (C=O) groups is 1. The lowest BCUT2D eigenvalue weighted by Gasteiger charge is -2.39. The molecule has 1 aromatic heterocycles. The molecule has 152 valence electrons. The van der Waals surface area contributed by atoms with Gasteiger partial charge in [0.05, 0.1) is 24.3 Å². The van der Waals surface area contributed by atoms with Crippen LogP contribution in [0.15, 0.2) is 67.0 Å². The van der Waals surface area contributed by atoms with Crippen molar-refractivity contribution in [3.63, 3.8) is 0 Å². The van der Waals surface area contributed by atoms with Gasteiger partial charge in [0, 0.05) is 30.5 Å². The second-order valence-electron chi connectivity index (χ2n) is 7.88. The Kier molecular flexibility index (Phi) is 4.71. The monoisotopic (exact) mass is 403 g/mol. The highest BCUT2D eigenvalue weighted by molar-refractivity contribution is 5.94. The first-order valence-corrected chi connectivity index (χ1v) is 10.1. The van der Waals surface area contributed by atoms with E-state index in [2.05, 4.69) is 10.3 Å². The number of aliphatic hydroxyl groups is 1. The number of hydrogen-bond donors (Lipinski definition) is 2. The van der Waals surface area contributed by atoms with Crippen LogP contribution < -0.4 is 5.32 Å². The van der Waals surface area contributed by atoms with Crippen molar-refractivity contribution >= 4 is 11.6 Å². The number of hydrogen-bond acceptors (Lipinski definition) is 4. The minimum atomic E-state index is -0.282. The van der Waals surface area contributed by atoms with Crippen molar-refractivity contribution in [3.8, 4) is 11.1 Å². The fourth-order valence-corrected chi connectivity index (χ4v) is 4.79. The third-order valence-corrected chi connectivity index (χ3v) is 6.20. The van der Waals surface area contributed by atoms with E-state index in [1.165, 1.54) is 12.1 Å². The standard InChI is InChI=1S/C24H22FN3O2/c25-18-5-1-3-15(11-18)16-6-7-21-20(12-16)23-19(22(14-29)27-21)8-10-28(23)24(30)17-4-2-9-26-13-17/h1-7,9,11-13,19,22-23,27,29H,8,10,14H2/t19-,22+,23-/m0/s1. The topological polar surface area (TPSA) is 65.5 Å². The van der Waals surface area contributed by atoms with Crippen molar-refractivity contribution in [2.45, 2.75) is 18.5 Å². The van der Waals surface area contributed by atoms with Crippen molar-refractivity contribution < 1.29 is 14.3 Å². The van der Waals surface area contributed by atoms with E-state index in [9.17, 15) is 14.3 Å². The fourth-order valence-electron chi connectivity index (χ4n) is 4.79. The quantitative estimate of drug-likeness (QED) is 0.697. The first-order valence-electron chi connectivity index (χ1n) is 10.1. The summed E-state index contributed by atoms with van der Waals surface area (Å²) in [7, 11) is 0. The summed E-state index contributed by atoms with van der Waals surface area (Å²) >= 11 is 0. The normalized spacial score (nSPS) is 22.2. The summed E-state index contributed by atoms with van der Waals surface area (Å²) in [5.41, 5.74) is 4.15. The molecule has 0 bridgehead atoms. The van der Waals surface area contributed by atoms with E-state index in [4.69, 9.17) is 0 Å². The molecule has 6 heteroatoms. The first-order chi connectivity index (χ1) is 14.7. The molecule has 1 saturated heterocycles. The summed E-state index contributed by atoms with van der Waals surface area (Å²) < 4.78 is 13.8. The van der Waals surface area contributed by atoms with Gasteiger partial charge in [-0.15, -0.1) is 0 Å². The van der Waals surface area contributed by atoms with Gasteiger partial charge in [0.2, 0.25) is 0 Å². The van der Waals surface area contributed by atoms with E-state index in [0.29, 0.717) is 12.1 Å². The van der Waals surface area contributed by atoms with E-state index in [-0.39, 0.29) is 36.3 Å². The van der Waals surface area contributed by atoms with Gasteiger partial charge >= 0.3 is 0 Å². The van der Waals surface area contributed by atoms with E-state index in [1.807, 2.05) is 29.2 Å². The number of fused-ring (bicyclic) bond motifs is 3. The van der Waals surface area contributed by atoms with Crippen LogP contribution in [0.3, 0.4) is 0 Å². The number of nitrogens with zero attached hydrogens (tertiary/aromatic N) is 2. The lowest BCUT2D eigenvalue weighted by atomic mass is 9.82. The van der Waals surface area contributed by atoms with Crippen molar-refractivity contribution in [2.24, 2.45) is 5.92 Å². The third-order valence-electron chi connectivity index (χ3n) is 6.20. The Morgan fingerprint density at radius 1 is 1.17 bits per heavy atom. The zero-order valence-electron chi connectivity index (χ0n) is 16.3. The van der Waals surface area contributed by atoms with Gasteiger partial charge in [-0.05, 0) is 59.5 Å². The number of carbonyl (C=O) groups excluding carboxylic acids is 1. The second-order valence-corrected chi connectivity index (χ2v) is 7.88. The average molecular weight is 403 g/mol. The Labute approximate surface area is 174 Å². The number of halogens is 1. The van der Waals surface area contributed by atoms with Gasteiger partial charge in [-0.1, -0.05) is 18.2 Å². The maximum atomic E-state index is 13.8. The molecule has 0 spiro atoms. The molecule has 0 unspecified atom stereocenters. The average Bonchev–Trinajstić information content (AvgIpc) is 3.24. The predicted octanol–water partition coefficient (Wildman–Crippen LogP) is 3.88. The molecule has 30 heavy (non-hydrogen) atoms. The highest BCUT2D eigenvalue weighted by Crippen LogP contribution is 2.47. The molecule has 2 aliphatic heterocycles. The molecule has 2 aromatic carbocycles. The number of nitrogens with one attached hydrogen (secondary N) is 1. The molecule has 2 aliphatic rings. The maximum absolute atomic E-state index is 13.8. The second kappa shape index (κ2) is 7.54. The number of benzene rings is 2. The maximum Gasteiger partial charge on any atom is 0.255 e. The summed E-state index contributed by atoms with van der Waals surface area (Å²) in [4.78, 5) is 19.2. The number of pyridine rings is 1. The van der Waals surface area contributed by atoms with Gasteiger partial charge in [0.25, 0.3) is 5.91 Å². The van der Waals surface area contributed by atoms with Gasteiger partial charge in [-0.2, -0.15) is 0 Å². The van der Waals surface area contributed by atoms with Gasteiger partial charge < -0.3 is 15.3 Å². The van der Waals surface area contributed by atoms with E-state index >= 15 is 0 Å². The molecule has 0 radical (unpaired) electrons. The number of anilines is 1. The minimum absolute atomic E-state index is 0.00117. The summed E-state index contributed by atoms with van der Waals surface area (Å²) in [6, 6.07) is 15.7. The molecule has 5 rings (SSSR count). The first kappa shape index (κ1) is 18.8. The number of amides is 1. The largest absolute Gasteiger partial charge is 0.394 e. The Morgan fingerprint density at radius 2 is 2.03 bits per heavy atom. The summed E-state index contributed by atoms with van der Waals surface area (Å²) in [6.07, 6.45) is 4.04. The highest BCUT2D eigenvalue weighted by Gasteiger charge is 2.45. The molecule has 0 saturated carbocycles. The minimum Gasteiger partial charge on any atom is -0.394 e. The molecule has 3 heterocycles. The molecular formula is C24H22FN3O2. The lowest BCUT2D eigenvalue weighted by molar-refractivity contribution is 0.0700. The Morgan fingerprint density at radius 3 is 2.80 bits per heavy atom. The predicted molar refractivity (Wildman–Crippen MR) is 112 cm³/mol. The number of aliphatic hydroxyl groups excluding tert-OH is 1. The van der Waals surface area contributed by atoms with Crippen LogP contribution in [-0.2, 0) is 0 Å². The smallest absolute Gasteiger partial charge is 0.255 e. The van der Waals surface area contributed by atoms with Crippen molar-refractivity contribution in [1.29, 1.82) is 0 Å². The van der Waals surface area contributed by atoms with Gasteiger partial charge in [0.15, 0.2) is 0 Å². The van der Waals surface area contributed by atoms with Crippen LogP contribution >= 0.6 is 0 Å². The van der Waals surface area contributed by atoms with Crippen molar-refractivity contribution in [2.75, 3.05) is 18.5 Å². The molecule has 3 aromatic rings. The molecule has 1 fully saturated rings. The van der Waals surface area contributed by atoms with Crippen LogP contribution in [0.2, 0.25) is 0 Å². The summed E-state index contributed by atoms with van der Waals surface area (Å²) in [5.74, 6) is -0.238. The molecule has 0 aliphatic carbocycles. The van der Waals surface area contributed by atoms with Crippen molar-refractivity contribution in [3.05, 3.63) is 83.9 Å². The van der Waals surface area contributed by atoms with Gasteiger partial charge in [0.1, 0.15) is 5.82 Å². The Bertz CT molecular complexity index is 1090. The number of rotatable bonds is 3. The van der Waals surface area contributed by atoms with Crippen LogP contribution in [0.25, 0.3) is 11.1 Å². The van der Waals surface area contributed by atoms with Crippen molar-refractivity contribution in [1.82, 2.24) is 9.88 Å². The molecular weight excluding hydrogens is 381 g/mol. The molecule has 1 amide bonds. The summed E-state index contributed by atoms with van der Waals surface area (Å²) in [5, 5.41) is 13.4. The fraction of sp³-hybridized carbons (Fsp3) is 0.250. The van der Waals surface area contributed by atoms with Gasteiger partial charge in [-0.25, -0.2) is 4.39 Å². The lowest BCUT2D eigenvalue weighted by Crippen LogP contribution is -2.42. The summed E-state index contributed by atoms with van der Waals surface area (Å²) in [6.45, 7) is 0.617. The van der Waals surface area contributed by atoms with Crippen LogP contribution in [0.1, 0.15) is 28.4 Å². The Balaban J connectivity index is 1.58. The zero-order chi connectivity index (χ0) is 20.7. The van der Waals surface area contributed by atoms with Crippen LogP contribution in [-0.4, -0.2) is 40.1 Å². The van der Waals surface area contributed by atoms with Gasteiger partial charge in [-0.3, -0.25) is 9.78 Å². The van der Waals surface area contributed by atoms with Crippen LogP contribution in [0.4, 0.5) is 10.1 Å². The number of aromatic nitrogens is 1. The van der Waals surface area contributed by atoms with E-state index < -0.39 is 0 Å². The highest BCUT2D eigenvalue weighted by atomic mass is 19.1. The molecule has 3 atom stereocenters. The van der Waals surface area contributed by atoms with E-state index in [0.717, 1.165) is 28.8 Å². The van der Waals surface area contributed by atoms with Crippen LogP contribution in [0, 0.1) is 11.7 Å². The SMILES string of the molecule is O=C(c1cccnc1)N1CC[C@@H]2[C@H]1c1cc(-c3cccc(F)c3)ccc1N[C@@H]2CO. The Hall–Kier alpha value is -3.25. The third kappa shape index (κ3) is 3.13. The molecule has 5 nitrogen and oxygen atoms in total. The zero-order valence-corrected chi connectivity index (χ0v) is 16.3. The number of likely N-dealkylation sites (tertiary alicyclic amines) is 1. The van der Waals surface area contributed by atoms with Crippen LogP contribution in [0.5, 0.6) is 0 Å².